The van der Waals surface area contributed by atoms with Crippen molar-refractivity contribution in [2.75, 3.05) is 0 Å². The fraction of sp³-hybridized carbons (Fsp3) is 1.00. The van der Waals surface area contributed by atoms with Gasteiger partial charge < -0.3 is 10.2 Å². The summed E-state index contributed by atoms with van der Waals surface area (Å²) in [5.74, 6) is 1.41. The van der Waals surface area contributed by atoms with E-state index in [9.17, 15) is 10.2 Å². The van der Waals surface area contributed by atoms with Crippen molar-refractivity contribution in [2.24, 2.45) is 28.1 Å². The smallest absolute Gasteiger partial charge is 0.0939 e. The fourth-order valence-corrected chi connectivity index (χ4v) is 7.87. The van der Waals surface area contributed by atoms with E-state index in [1.807, 2.05) is 6.92 Å². The third kappa shape index (κ3) is 1.59. The Labute approximate surface area is 135 Å². The molecule has 0 heterocycles. The topological polar surface area (TPSA) is 40.5 Å². The van der Waals surface area contributed by atoms with E-state index >= 15 is 0 Å². The van der Waals surface area contributed by atoms with Gasteiger partial charge in [0.05, 0.1) is 11.2 Å². The Morgan fingerprint density at radius 2 is 1.59 bits per heavy atom. The summed E-state index contributed by atoms with van der Waals surface area (Å²) >= 11 is 0. The van der Waals surface area contributed by atoms with E-state index in [0.717, 1.165) is 31.6 Å². The summed E-state index contributed by atoms with van der Waals surface area (Å²) in [4.78, 5) is 0. The third-order valence-corrected chi connectivity index (χ3v) is 9.20. The SMILES string of the molecule is CC1(C)CCC[C@@]2(C)C1CC[C@H]1C[C@@]3(O)C[C@]12CC[C@]3(C)O. The second-order valence-corrected chi connectivity index (χ2v) is 10.4. The Hall–Kier alpha value is -0.0800. The molecule has 0 amide bonds. The van der Waals surface area contributed by atoms with Crippen molar-refractivity contribution in [3.05, 3.63) is 0 Å². The lowest BCUT2D eigenvalue weighted by Gasteiger charge is -2.65. The minimum Gasteiger partial charge on any atom is -0.387 e. The molecule has 126 valence electrons. The first-order valence-electron chi connectivity index (χ1n) is 9.51. The first-order chi connectivity index (χ1) is 10.1. The third-order valence-electron chi connectivity index (χ3n) is 9.20. The molecule has 4 saturated carbocycles. The molecule has 0 aromatic carbocycles. The maximum Gasteiger partial charge on any atom is 0.0939 e. The van der Waals surface area contributed by atoms with E-state index in [1.165, 1.54) is 32.1 Å². The van der Waals surface area contributed by atoms with Crippen LogP contribution in [0.3, 0.4) is 0 Å². The maximum absolute atomic E-state index is 11.3. The zero-order valence-corrected chi connectivity index (χ0v) is 14.9. The summed E-state index contributed by atoms with van der Waals surface area (Å²) in [6, 6.07) is 0. The van der Waals surface area contributed by atoms with Gasteiger partial charge in [-0.05, 0) is 86.4 Å². The van der Waals surface area contributed by atoms with Crippen LogP contribution in [0.15, 0.2) is 0 Å². The van der Waals surface area contributed by atoms with Crippen molar-refractivity contribution in [3.63, 3.8) is 0 Å². The van der Waals surface area contributed by atoms with E-state index in [4.69, 9.17) is 0 Å². The summed E-state index contributed by atoms with van der Waals surface area (Å²) < 4.78 is 0. The van der Waals surface area contributed by atoms with Gasteiger partial charge in [0.2, 0.25) is 0 Å². The van der Waals surface area contributed by atoms with Crippen LogP contribution in [0.25, 0.3) is 0 Å². The molecule has 4 aliphatic carbocycles. The molecule has 22 heavy (non-hydrogen) atoms. The number of aliphatic hydroxyl groups is 2. The van der Waals surface area contributed by atoms with E-state index in [-0.39, 0.29) is 5.41 Å². The summed E-state index contributed by atoms with van der Waals surface area (Å²) in [7, 11) is 0. The monoisotopic (exact) mass is 306 g/mol. The van der Waals surface area contributed by atoms with Gasteiger partial charge in [-0.15, -0.1) is 0 Å². The molecule has 4 fully saturated rings. The molecule has 0 aromatic heterocycles. The molecule has 2 nitrogen and oxygen atoms in total. The van der Waals surface area contributed by atoms with Crippen LogP contribution >= 0.6 is 0 Å². The molecule has 2 bridgehead atoms. The summed E-state index contributed by atoms with van der Waals surface area (Å²) in [6.45, 7) is 9.39. The molecule has 0 aliphatic heterocycles. The van der Waals surface area contributed by atoms with Crippen LogP contribution in [0.5, 0.6) is 0 Å². The number of fused-ring (bicyclic) bond motifs is 2. The van der Waals surface area contributed by atoms with E-state index in [2.05, 4.69) is 20.8 Å². The van der Waals surface area contributed by atoms with Crippen LogP contribution in [0.2, 0.25) is 0 Å². The molecule has 2 N–H and O–H groups in total. The molecule has 6 atom stereocenters. The van der Waals surface area contributed by atoms with E-state index in [1.54, 1.807) is 0 Å². The lowest BCUT2D eigenvalue weighted by Crippen LogP contribution is -2.61. The van der Waals surface area contributed by atoms with Gasteiger partial charge in [-0.25, -0.2) is 0 Å². The molecular formula is C20H34O2. The molecule has 2 heteroatoms. The normalized spacial score (nSPS) is 59.7. The average Bonchev–Trinajstić information content (AvgIpc) is 2.67. The van der Waals surface area contributed by atoms with Gasteiger partial charge in [0.25, 0.3) is 0 Å². The lowest BCUT2D eigenvalue weighted by molar-refractivity contribution is -0.206. The molecular weight excluding hydrogens is 272 g/mol. The molecule has 1 unspecified atom stereocenters. The minimum atomic E-state index is -0.883. The Morgan fingerprint density at radius 3 is 2.32 bits per heavy atom. The summed E-state index contributed by atoms with van der Waals surface area (Å²) in [6.07, 6.45) is 10.2. The van der Waals surface area contributed by atoms with E-state index < -0.39 is 11.2 Å². The lowest BCUT2D eigenvalue weighted by atomic mass is 9.39. The van der Waals surface area contributed by atoms with Gasteiger partial charge in [-0.3, -0.25) is 0 Å². The van der Waals surface area contributed by atoms with Crippen LogP contribution in [0, 0.1) is 28.1 Å². The van der Waals surface area contributed by atoms with Gasteiger partial charge in [0.15, 0.2) is 0 Å². The highest BCUT2D eigenvalue weighted by Crippen LogP contribution is 2.75. The number of rotatable bonds is 0. The van der Waals surface area contributed by atoms with Gasteiger partial charge in [0, 0.05) is 0 Å². The predicted octanol–water partition coefficient (Wildman–Crippen LogP) is 4.29. The van der Waals surface area contributed by atoms with E-state index in [0.29, 0.717) is 16.7 Å². The summed E-state index contributed by atoms with van der Waals surface area (Å²) in [5, 5.41) is 22.1. The van der Waals surface area contributed by atoms with Crippen LogP contribution in [0.4, 0.5) is 0 Å². The largest absolute Gasteiger partial charge is 0.387 e. The molecule has 4 aliphatic rings. The highest BCUT2D eigenvalue weighted by Gasteiger charge is 2.72. The van der Waals surface area contributed by atoms with Gasteiger partial charge in [0.1, 0.15) is 0 Å². The van der Waals surface area contributed by atoms with Crippen molar-refractivity contribution in [1.29, 1.82) is 0 Å². The first-order valence-corrected chi connectivity index (χ1v) is 9.51. The molecule has 4 rings (SSSR count). The minimum absolute atomic E-state index is 0.282. The Bertz CT molecular complexity index is 496. The van der Waals surface area contributed by atoms with Crippen molar-refractivity contribution < 1.29 is 10.2 Å². The zero-order chi connectivity index (χ0) is 16.0. The highest BCUT2D eigenvalue weighted by atomic mass is 16.4. The van der Waals surface area contributed by atoms with Gasteiger partial charge >= 0.3 is 0 Å². The predicted molar refractivity (Wildman–Crippen MR) is 88.4 cm³/mol. The fourth-order valence-electron chi connectivity index (χ4n) is 7.87. The Kier molecular flexibility index (Phi) is 2.89. The van der Waals surface area contributed by atoms with Gasteiger partial charge in [-0.2, -0.15) is 0 Å². The highest BCUT2D eigenvalue weighted by molar-refractivity contribution is 5.22. The number of hydrogen-bond acceptors (Lipinski definition) is 2. The second-order valence-electron chi connectivity index (χ2n) is 10.4. The molecule has 0 aromatic rings. The first kappa shape index (κ1) is 15.4. The van der Waals surface area contributed by atoms with Crippen molar-refractivity contribution in [2.45, 2.75) is 96.7 Å². The summed E-state index contributed by atoms with van der Waals surface area (Å²) in [5.41, 5.74) is -0.641. The molecule has 0 radical (unpaired) electrons. The van der Waals surface area contributed by atoms with Crippen LogP contribution in [0.1, 0.15) is 85.5 Å². The zero-order valence-electron chi connectivity index (χ0n) is 14.9. The Balaban J connectivity index is 1.80. The van der Waals surface area contributed by atoms with Crippen LogP contribution < -0.4 is 0 Å². The number of hydrogen-bond donors (Lipinski definition) is 2. The molecule has 0 saturated heterocycles. The van der Waals surface area contributed by atoms with Crippen LogP contribution in [-0.2, 0) is 0 Å². The average molecular weight is 306 g/mol. The molecule has 1 spiro atoms. The van der Waals surface area contributed by atoms with Crippen molar-refractivity contribution in [1.82, 2.24) is 0 Å². The van der Waals surface area contributed by atoms with Crippen LogP contribution in [-0.4, -0.2) is 21.4 Å². The quantitative estimate of drug-likeness (QED) is 0.701. The maximum atomic E-state index is 11.3. The Morgan fingerprint density at radius 1 is 0.864 bits per heavy atom. The van der Waals surface area contributed by atoms with Crippen molar-refractivity contribution in [3.8, 4) is 0 Å². The van der Waals surface area contributed by atoms with Gasteiger partial charge in [-0.1, -0.05) is 27.2 Å². The standard InChI is InChI=1S/C20H34O2/c1-16(2)8-5-9-17(3)15(16)7-6-14-12-20(22)13-19(14,17)11-10-18(20,4)21/h14-15,21-22H,5-13H2,1-4H3/t14-,15?,17-,18-,19+,20+/m0/s1. The van der Waals surface area contributed by atoms with Crippen molar-refractivity contribution >= 4 is 0 Å². The second kappa shape index (κ2) is 4.11.